The van der Waals surface area contributed by atoms with Crippen molar-refractivity contribution in [2.75, 3.05) is 13.6 Å². The van der Waals surface area contributed by atoms with Gasteiger partial charge >= 0.3 is 0 Å². The summed E-state index contributed by atoms with van der Waals surface area (Å²) in [6.07, 6.45) is 3.10. The normalized spacial score (nSPS) is 28.3. The molecule has 3 heteroatoms. The summed E-state index contributed by atoms with van der Waals surface area (Å²) in [4.78, 5) is 14.0. The van der Waals surface area contributed by atoms with Gasteiger partial charge in [-0.25, -0.2) is 0 Å². The molecule has 0 amide bonds. The molecule has 0 aromatic carbocycles. The molecule has 0 saturated heterocycles. The van der Waals surface area contributed by atoms with Crippen molar-refractivity contribution in [3.63, 3.8) is 0 Å². The van der Waals surface area contributed by atoms with Crippen LogP contribution in [-0.4, -0.2) is 29.5 Å². The van der Waals surface area contributed by atoms with Crippen LogP contribution in [0, 0.1) is 0 Å². The van der Waals surface area contributed by atoms with Gasteiger partial charge in [0.2, 0.25) is 0 Å². The first kappa shape index (κ1) is 9.13. The zero-order valence-corrected chi connectivity index (χ0v) is 8.99. The first-order chi connectivity index (χ1) is 6.24. The Morgan fingerprint density at radius 3 is 3.00 bits per heavy atom. The maximum atomic E-state index is 11.8. The Labute approximate surface area is 83.4 Å². The molecule has 0 spiro atoms. The van der Waals surface area contributed by atoms with Gasteiger partial charge in [-0.1, -0.05) is 18.7 Å². The number of carbonyl (C=O) groups is 1. The lowest BCUT2D eigenvalue weighted by atomic mass is 10.0. The van der Waals surface area contributed by atoms with Crippen LogP contribution >= 0.6 is 11.8 Å². The predicted octanol–water partition coefficient (Wildman–Crippen LogP) is 2.02. The number of Topliss-reactive ketones (excluding diaryl/α,β-unsaturated/α-hetero) is 1. The van der Waals surface area contributed by atoms with Gasteiger partial charge in [0.25, 0.3) is 0 Å². The van der Waals surface area contributed by atoms with Crippen LogP contribution in [0.15, 0.2) is 10.6 Å². The van der Waals surface area contributed by atoms with Crippen molar-refractivity contribution >= 4 is 17.5 Å². The van der Waals surface area contributed by atoms with Crippen LogP contribution in [0.2, 0.25) is 0 Å². The minimum atomic E-state index is 0.213. The summed E-state index contributed by atoms with van der Waals surface area (Å²) in [5.41, 5.74) is 1.10. The number of hydrogen-bond donors (Lipinski definition) is 0. The van der Waals surface area contributed by atoms with Crippen LogP contribution in [0.4, 0.5) is 0 Å². The van der Waals surface area contributed by atoms with Crippen molar-refractivity contribution in [1.29, 1.82) is 0 Å². The highest BCUT2D eigenvalue weighted by atomic mass is 32.2. The average Bonchev–Trinajstić information content (AvgIpc) is 2.45. The number of thioether (sulfide) groups is 1. The maximum Gasteiger partial charge on any atom is 0.174 e. The average molecular weight is 197 g/mol. The molecule has 2 heterocycles. The van der Waals surface area contributed by atoms with Gasteiger partial charge in [-0.15, -0.1) is 0 Å². The van der Waals surface area contributed by atoms with E-state index in [0.717, 1.165) is 31.4 Å². The molecular weight excluding hydrogens is 182 g/mol. The molecule has 0 aromatic rings. The van der Waals surface area contributed by atoms with Gasteiger partial charge in [-0.2, -0.15) is 0 Å². The number of nitrogens with zero attached hydrogens (tertiary/aromatic N) is 1. The molecule has 0 aromatic heterocycles. The molecule has 2 rings (SSSR count). The summed E-state index contributed by atoms with van der Waals surface area (Å²) in [5, 5.41) is 1.47. The van der Waals surface area contributed by atoms with E-state index in [0.29, 0.717) is 5.78 Å². The standard InChI is InChI=1S/C10H15NOS/c1-3-8-9(12)7-5-4-6-11(2)10(7)13-8/h8H,3-6H2,1-2H3. The Balaban J connectivity index is 2.25. The first-order valence-electron chi connectivity index (χ1n) is 4.89. The number of hydrogen-bond acceptors (Lipinski definition) is 3. The lowest BCUT2D eigenvalue weighted by Gasteiger charge is -2.25. The van der Waals surface area contributed by atoms with E-state index >= 15 is 0 Å². The Bertz CT molecular complexity index is 272. The summed E-state index contributed by atoms with van der Waals surface area (Å²) in [7, 11) is 2.09. The largest absolute Gasteiger partial charge is 0.369 e. The zero-order chi connectivity index (χ0) is 9.42. The van der Waals surface area contributed by atoms with Crippen LogP contribution in [0.3, 0.4) is 0 Å². The van der Waals surface area contributed by atoms with Crippen LogP contribution < -0.4 is 0 Å². The van der Waals surface area contributed by atoms with Gasteiger partial charge in [0.15, 0.2) is 5.78 Å². The van der Waals surface area contributed by atoms with E-state index in [1.54, 1.807) is 11.8 Å². The number of allylic oxidation sites excluding steroid dienone is 1. The molecule has 0 fully saturated rings. The van der Waals surface area contributed by atoms with Crippen LogP contribution in [-0.2, 0) is 4.79 Å². The Morgan fingerprint density at radius 2 is 2.38 bits per heavy atom. The Kier molecular flexibility index (Phi) is 2.37. The van der Waals surface area contributed by atoms with Crippen molar-refractivity contribution in [1.82, 2.24) is 4.90 Å². The lowest BCUT2D eigenvalue weighted by molar-refractivity contribution is -0.115. The van der Waals surface area contributed by atoms with E-state index in [9.17, 15) is 4.79 Å². The second kappa shape index (κ2) is 3.37. The fourth-order valence-electron chi connectivity index (χ4n) is 1.97. The summed E-state index contributed by atoms with van der Waals surface area (Å²) in [5.74, 6) is 0.397. The van der Waals surface area contributed by atoms with Gasteiger partial charge in [0.05, 0.1) is 10.3 Å². The van der Waals surface area contributed by atoms with Crippen molar-refractivity contribution in [3.8, 4) is 0 Å². The molecule has 0 N–H and O–H groups in total. The minimum Gasteiger partial charge on any atom is -0.369 e. The zero-order valence-electron chi connectivity index (χ0n) is 8.17. The second-order valence-electron chi connectivity index (χ2n) is 3.69. The summed E-state index contributed by atoms with van der Waals surface area (Å²) in [6.45, 7) is 3.20. The second-order valence-corrected chi connectivity index (χ2v) is 4.88. The predicted molar refractivity (Wildman–Crippen MR) is 55.6 cm³/mol. The summed E-state index contributed by atoms with van der Waals surface area (Å²) in [6, 6.07) is 0. The molecule has 2 aliphatic heterocycles. The van der Waals surface area contributed by atoms with Gasteiger partial charge in [0.1, 0.15) is 0 Å². The monoisotopic (exact) mass is 197 g/mol. The summed E-state index contributed by atoms with van der Waals surface area (Å²) >= 11 is 1.77. The number of carbonyl (C=O) groups excluding carboxylic acids is 1. The highest BCUT2D eigenvalue weighted by Gasteiger charge is 2.35. The molecule has 0 saturated carbocycles. The SMILES string of the molecule is CCC1SC2=C(CCCN2C)C1=O. The number of ketones is 1. The number of rotatable bonds is 1. The molecule has 1 unspecified atom stereocenters. The first-order valence-corrected chi connectivity index (χ1v) is 5.77. The van der Waals surface area contributed by atoms with Crippen LogP contribution in [0.5, 0.6) is 0 Å². The van der Waals surface area contributed by atoms with Crippen molar-refractivity contribution in [3.05, 3.63) is 10.6 Å². The van der Waals surface area contributed by atoms with Gasteiger partial charge in [0, 0.05) is 19.2 Å². The van der Waals surface area contributed by atoms with Gasteiger partial charge in [-0.05, 0) is 19.3 Å². The van der Waals surface area contributed by atoms with E-state index in [4.69, 9.17) is 0 Å². The smallest absolute Gasteiger partial charge is 0.174 e. The van der Waals surface area contributed by atoms with Gasteiger partial charge in [-0.3, -0.25) is 4.79 Å². The Hall–Kier alpha value is -0.440. The van der Waals surface area contributed by atoms with E-state index in [-0.39, 0.29) is 5.25 Å². The topological polar surface area (TPSA) is 20.3 Å². The molecule has 0 radical (unpaired) electrons. The molecule has 0 aliphatic carbocycles. The minimum absolute atomic E-state index is 0.213. The molecular formula is C10H15NOS. The van der Waals surface area contributed by atoms with Gasteiger partial charge < -0.3 is 4.90 Å². The molecule has 72 valence electrons. The fraction of sp³-hybridized carbons (Fsp3) is 0.700. The molecule has 2 aliphatic rings. The quantitative estimate of drug-likeness (QED) is 0.641. The van der Waals surface area contributed by atoms with E-state index < -0.39 is 0 Å². The van der Waals surface area contributed by atoms with Crippen molar-refractivity contribution in [2.45, 2.75) is 31.4 Å². The lowest BCUT2D eigenvalue weighted by Crippen LogP contribution is -2.22. The van der Waals surface area contributed by atoms with Crippen molar-refractivity contribution in [2.24, 2.45) is 0 Å². The molecule has 1 atom stereocenters. The third kappa shape index (κ3) is 1.39. The molecule has 0 bridgehead atoms. The van der Waals surface area contributed by atoms with Crippen LogP contribution in [0.1, 0.15) is 26.2 Å². The highest BCUT2D eigenvalue weighted by molar-refractivity contribution is 8.04. The molecule has 2 nitrogen and oxygen atoms in total. The van der Waals surface area contributed by atoms with E-state index in [1.165, 1.54) is 5.03 Å². The third-order valence-electron chi connectivity index (χ3n) is 2.74. The highest BCUT2D eigenvalue weighted by Crippen LogP contribution is 2.42. The van der Waals surface area contributed by atoms with E-state index in [1.807, 2.05) is 0 Å². The van der Waals surface area contributed by atoms with Crippen LogP contribution in [0.25, 0.3) is 0 Å². The summed E-state index contributed by atoms with van der Waals surface area (Å²) < 4.78 is 0. The maximum absolute atomic E-state index is 11.8. The van der Waals surface area contributed by atoms with Crippen molar-refractivity contribution < 1.29 is 4.79 Å². The van der Waals surface area contributed by atoms with E-state index in [2.05, 4.69) is 18.9 Å². The Morgan fingerprint density at radius 1 is 1.62 bits per heavy atom. The fourth-order valence-corrected chi connectivity index (χ4v) is 3.27. The third-order valence-corrected chi connectivity index (χ3v) is 4.35. The molecule has 13 heavy (non-hydrogen) atoms.